The van der Waals surface area contributed by atoms with Gasteiger partial charge >= 0.3 is 0 Å². The van der Waals surface area contributed by atoms with E-state index in [9.17, 15) is 0 Å². The molecule has 4 heterocycles. The van der Waals surface area contributed by atoms with E-state index in [2.05, 4.69) is 176 Å². The summed E-state index contributed by atoms with van der Waals surface area (Å²) >= 11 is 1.79. The van der Waals surface area contributed by atoms with Gasteiger partial charge in [0.05, 0.1) is 17.0 Å². The van der Waals surface area contributed by atoms with Crippen LogP contribution < -0.4 is 0 Å². The molecule has 0 aliphatic carbocycles. The fraction of sp³-hybridized carbons (Fsp3) is 0. The van der Waals surface area contributed by atoms with E-state index in [-0.39, 0.29) is 0 Å². The van der Waals surface area contributed by atoms with Crippen LogP contribution in [0, 0.1) is 0 Å². The maximum Gasteiger partial charge on any atom is 0.167 e. The summed E-state index contributed by atoms with van der Waals surface area (Å²) in [6, 6.07) is 65.6. The van der Waals surface area contributed by atoms with Gasteiger partial charge in [-0.3, -0.25) is 9.97 Å². The number of para-hydroxylation sites is 1. The van der Waals surface area contributed by atoms with E-state index >= 15 is 0 Å². The Hall–Kier alpha value is -8.39. The standard InChI is InChI=1S/C57H33N5OS/c1-2-11-34(12-3-1)38-26-28-49-47(32-38)51-44(20-10-22-50(51)64-49)56-60-55(40-24-23-35-13-4-5-15-37(35)31-40)61-57(62-56)45-21-9-19-43-46-33-39(25-27-48(46)63-54(43)45)52-53(59-30-29-58-52)42-18-8-16-36-14-6-7-17-41(36)42/h1-33H. The molecule has 64 heavy (non-hydrogen) atoms. The molecular weight excluding hydrogens is 803 g/mol. The average Bonchev–Trinajstić information content (AvgIpc) is 3.94. The number of benzene rings is 9. The Morgan fingerprint density at radius 2 is 1.02 bits per heavy atom. The van der Waals surface area contributed by atoms with Crippen LogP contribution in [0.4, 0.5) is 0 Å². The Balaban J connectivity index is 1.00. The third kappa shape index (κ3) is 5.97. The summed E-state index contributed by atoms with van der Waals surface area (Å²) in [6.45, 7) is 0. The van der Waals surface area contributed by atoms with E-state index in [1.165, 1.54) is 25.9 Å². The Morgan fingerprint density at radius 1 is 0.359 bits per heavy atom. The minimum absolute atomic E-state index is 0.534. The van der Waals surface area contributed by atoms with Crippen molar-refractivity contribution >= 4 is 75.0 Å². The summed E-state index contributed by atoms with van der Waals surface area (Å²) in [5, 5.41) is 8.78. The van der Waals surface area contributed by atoms with E-state index < -0.39 is 0 Å². The second kappa shape index (κ2) is 14.6. The summed E-state index contributed by atoms with van der Waals surface area (Å²) in [5.41, 5.74) is 10.1. The molecule has 13 aromatic rings. The topological polar surface area (TPSA) is 77.6 Å². The molecule has 0 amide bonds. The molecule has 0 saturated carbocycles. The van der Waals surface area contributed by atoms with Crippen LogP contribution >= 0.6 is 11.3 Å². The van der Waals surface area contributed by atoms with E-state index in [0.29, 0.717) is 23.1 Å². The average molecular weight is 836 g/mol. The minimum atomic E-state index is 0.534. The van der Waals surface area contributed by atoms with Gasteiger partial charge in [-0.25, -0.2) is 15.0 Å². The van der Waals surface area contributed by atoms with Crippen LogP contribution in [0.15, 0.2) is 205 Å². The normalized spacial score (nSPS) is 11.8. The molecular formula is C57H33N5OS. The monoisotopic (exact) mass is 835 g/mol. The molecule has 13 rings (SSSR count). The molecule has 0 bridgehead atoms. The van der Waals surface area contributed by atoms with Crippen LogP contribution in [0.25, 0.3) is 131 Å². The number of nitrogens with zero attached hydrogens (tertiary/aromatic N) is 5. The van der Waals surface area contributed by atoms with Gasteiger partial charge in [0.2, 0.25) is 0 Å². The molecule has 0 spiro atoms. The highest BCUT2D eigenvalue weighted by atomic mass is 32.1. The van der Waals surface area contributed by atoms with Crippen molar-refractivity contribution in [2.45, 2.75) is 0 Å². The molecule has 0 fully saturated rings. The van der Waals surface area contributed by atoms with Crippen molar-refractivity contribution in [3.05, 3.63) is 200 Å². The van der Waals surface area contributed by atoms with E-state index in [4.69, 9.17) is 29.3 Å². The maximum atomic E-state index is 6.79. The lowest BCUT2D eigenvalue weighted by molar-refractivity contribution is 0.669. The lowest BCUT2D eigenvalue weighted by Crippen LogP contribution is -2.00. The molecule has 7 heteroatoms. The fourth-order valence-corrected chi connectivity index (χ4v) is 10.3. The quantitative estimate of drug-likeness (QED) is 0.166. The summed E-state index contributed by atoms with van der Waals surface area (Å²) in [4.78, 5) is 25.7. The SMILES string of the molecule is c1ccc(-c2ccc3sc4cccc(-c5nc(-c6ccc7ccccc7c6)nc(-c6cccc7c6oc6ccc(-c8nccnc8-c8cccc9ccccc89)cc67)n5)c4c3c2)cc1. The molecule has 9 aromatic carbocycles. The number of furan rings is 1. The number of fused-ring (bicyclic) bond motifs is 8. The fourth-order valence-electron chi connectivity index (χ4n) is 9.20. The summed E-state index contributed by atoms with van der Waals surface area (Å²) in [6.07, 6.45) is 3.52. The first-order valence-corrected chi connectivity index (χ1v) is 22.0. The van der Waals surface area contributed by atoms with Gasteiger partial charge in [-0.05, 0) is 81.2 Å². The smallest absolute Gasteiger partial charge is 0.167 e. The van der Waals surface area contributed by atoms with Crippen molar-refractivity contribution in [1.29, 1.82) is 0 Å². The molecule has 0 saturated heterocycles. The molecule has 0 aliphatic heterocycles. The van der Waals surface area contributed by atoms with Crippen molar-refractivity contribution in [1.82, 2.24) is 24.9 Å². The minimum Gasteiger partial charge on any atom is -0.455 e. The first-order chi connectivity index (χ1) is 31.7. The van der Waals surface area contributed by atoms with Gasteiger partial charge in [0.25, 0.3) is 0 Å². The lowest BCUT2D eigenvalue weighted by Gasteiger charge is -2.11. The van der Waals surface area contributed by atoms with Gasteiger partial charge in [-0.1, -0.05) is 140 Å². The van der Waals surface area contributed by atoms with E-state index in [1.54, 1.807) is 23.7 Å². The molecule has 0 N–H and O–H groups in total. The highest BCUT2D eigenvalue weighted by Gasteiger charge is 2.22. The van der Waals surface area contributed by atoms with Crippen molar-refractivity contribution in [3.63, 3.8) is 0 Å². The van der Waals surface area contributed by atoms with Gasteiger partial charge < -0.3 is 4.42 Å². The number of hydrogen-bond acceptors (Lipinski definition) is 7. The van der Waals surface area contributed by atoms with Crippen LogP contribution in [-0.4, -0.2) is 24.9 Å². The Labute approximate surface area is 370 Å². The highest BCUT2D eigenvalue weighted by Crippen LogP contribution is 2.43. The van der Waals surface area contributed by atoms with Gasteiger partial charge in [0, 0.05) is 65.6 Å². The number of aromatic nitrogens is 5. The highest BCUT2D eigenvalue weighted by molar-refractivity contribution is 7.26. The number of thiophene rings is 1. The largest absolute Gasteiger partial charge is 0.455 e. The molecule has 6 nitrogen and oxygen atoms in total. The summed E-state index contributed by atoms with van der Waals surface area (Å²) in [5.74, 6) is 1.72. The summed E-state index contributed by atoms with van der Waals surface area (Å²) < 4.78 is 9.17. The van der Waals surface area contributed by atoms with Crippen molar-refractivity contribution in [2.75, 3.05) is 0 Å². The van der Waals surface area contributed by atoms with Gasteiger partial charge in [-0.15, -0.1) is 11.3 Å². The first kappa shape index (κ1) is 36.3. The predicted molar refractivity (Wildman–Crippen MR) is 263 cm³/mol. The van der Waals surface area contributed by atoms with Crippen LogP contribution in [0.2, 0.25) is 0 Å². The van der Waals surface area contributed by atoms with Crippen LogP contribution in [0.5, 0.6) is 0 Å². The van der Waals surface area contributed by atoms with Crippen LogP contribution in [0.3, 0.4) is 0 Å². The number of hydrogen-bond donors (Lipinski definition) is 0. The second-order valence-electron chi connectivity index (χ2n) is 16.0. The molecule has 0 unspecified atom stereocenters. The Bertz CT molecular complexity index is 3980. The predicted octanol–water partition coefficient (Wildman–Crippen LogP) is 15.2. The first-order valence-electron chi connectivity index (χ1n) is 21.2. The van der Waals surface area contributed by atoms with E-state index in [1.807, 2.05) is 12.1 Å². The third-order valence-electron chi connectivity index (χ3n) is 12.2. The zero-order valence-corrected chi connectivity index (χ0v) is 34.9. The van der Waals surface area contributed by atoms with Gasteiger partial charge in [-0.2, -0.15) is 0 Å². The van der Waals surface area contributed by atoms with Crippen LogP contribution in [0.1, 0.15) is 0 Å². The lowest BCUT2D eigenvalue weighted by atomic mass is 9.97. The van der Waals surface area contributed by atoms with Crippen molar-refractivity contribution < 1.29 is 4.42 Å². The Kier molecular flexibility index (Phi) is 8.29. The van der Waals surface area contributed by atoms with Crippen molar-refractivity contribution in [3.8, 4) is 67.8 Å². The van der Waals surface area contributed by atoms with E-state index in [0.717, 1.165) is 82.5 Å². The summed E-state index contributed by atoms with van der Waals surface area (Å²) in [7, 11) is 0. The Morgan fingerprint density at radius 3 is 1.92 bits per heavy atom. The van der Waals surface area contributed by atoms with Crippen molar-refractivity contribution in [2.24, 2.45) is 0 Å². The zero-order chi connectivity index (χ0) is 42.1. The maximum absolute atomic E-state index is 6.79. The van der Waals surface area contributed by atoms with Crippen LogP contribution in [-0.2, 0) is 0 Å². The van der Waals surface area contributed by atoms with Gasteiger partial charge in [0.15, 0.2) is 17.5 Å². The third-order valence-corrected chi connectivity index (χ3v) is 13.4. The molecule has 4 aromatic heterocycles. The molecule has 298 valence electrons. The molecule has 0 aliphatic rings. The molecule has 0 radical (unpaired) electrons. The molecule has 0 atom stereocenters. The van der Waals surface area contributed by atoms with Gasteiger partial charge in [0.1, 0.15) is 11.2 Å². The zero-order valence-electron chi connectivity index (χ0n) is 34.1. The second-order valence-corrected chi connectivity index (χ2v) is 17.1. The number of rotatable bonds is 6.